The molecule has 3 fully saturated rings. The van der Waals surface area contributed by atoms with Crippen LogP contribution in [0.15, 0.2) is 36.5 Å². The Labute approximate surface area is 572 Å². The Kier molecular flexibility index (Phi) is 48.3. The summed E-state index contributed by atoms with van der Waals surface area (Å²) in [6.45, 7) is 3.29. The number of aliphatic hydroxyl groups excluding tert-OH is 10. The minimum Gasteiger partial charge on any atom is -0.463 e. The molecular weight excluding hydrogens is 1270 g/mol. The zero-order valence-corrected chi connectivity index (χ0v) is 59.0. The topological polar surface area (TPSA) is 374 Å². The average molecular weight is 1400 g/mol. The molecule has 2 heterocycles. The molecule has 0 bridgehead atoms. The molecule has 18 unspecified atom stereocenters. The van der Waals surface area contributed by atoms with E-state index < -0.39 is 156 Å². The largest absolute Gasteiger partial charge is 0.472 e. The van der Waals surface area contributed by atoms with E-state index in [2.05, 4.69) is 32.9 Å². The molecule has 0 amide bonds. The van der Waals surface area contributed by atoms with Crippen molar-refractivity contribution in [3.8, 4) is 0 Å². The molecule has 96 heavy (non-hydrogen) atoms. The number of hydrogen-bond acceptors (Lipinski definition) is 23. The quantitative estimate of drug-likeness (QED) is 0.00513. The van der Waals surface area contributed by atoms with E-state index in [1.165, 1.54) is 134 Å². The molecule has 24 nitrogen and oxygen atoms in total. The number of phosphoric ester groups is 1. The number of allylic oxidation sites excluding steroid dienone is 5. The van der Waals surface area contributed by atoms with E-state index in [0.717, 1.165) is 96.0 Å². The first-order valence-electron chi connectivity index (χ1n) is 36.8. The van der Waals surface area contributed by atoms with E-state index in [-0.39, 0.29) is 12.8 Å². The molecule has 3 aliphatic rings. The Morgan fingerprint density at radius 1 is 0.427 bits per heavy atom. The first-order valence-corrected chi connectivity index (χ1v) is 38.3. The molecule has 1 saturated carbocycles. The van der Waals surface area contributed by atoms with Crippen LogP contribution in [0.4, 0.5) is 0 Å². The second-order valence-corrected chi connectivity index (χ2v) is 27.8. The smallest absolute Gasteiger partial charge is 0.463 e. The third-order valence-corrected chi connectivity index (χ3v) is 19.0. The van der Waals surface area contributed by atoms with Crippen LogP contribution in [0.1, 0.15) is 265 Å². The van der Waals surface area contributed by atoms with Crippen molar-refractivity contribution >= 4 is 25.7 Å². The third-order valence-electron chi connectivity index (χ3n) is 18.0. The summed E-state index contributed by atoms with van der Waals surface area (Å²) < 4.78 is 64.7. The summed E-state index contributed by atoms with van der Waals surface area (Å²) in [6.07, 6.45) is 14.4. The summed E-state index contributed by atoms with van der Waals surface area (Å²) in [4.78, 5) is 50.8. The summed E-state index contributed by atoms with van der Waals surface area (Å²) in [5.41, 5.74) is 0. The number of hydrogen-bond donors (Lipinski definition) is 11. The van der Waals surface area contributed by atoms with Gasteiger partial charge in [-0.2, -0.15) is 0 Å². The van der Waals surface area contributed by atoms with Gasteiger partial charge in [0.25, 0.3) is 0 Å². The van der Waals surface area contributed by atoms with Gasteiger partial charge in [0.1, 0.15) is 98.7 Å². The van der Waals surface area contributed by atoms with Gasteiger partial charge in [-0.15, -0.1) is 0 Å². The molecule has 3 rings (SSSR count). The van der Waals surface area contributed by atoms with Gasteiger partial charge in [0.2, 0.25) is 0 Å². The standard InChI is InChI=1S/C71H127O24P/c1-4-7-10-13-16-19-22-25-27-29-32-33-36-39-42-45-55(73)87-49-52(90-57(75)47-44-41-38-35-30-24-21-18-15-12-9-6-3)50-89-96(85,86)95-69-67(93-70-65(83)60(78)58(76)53(48-72)91-70)63(81)62(80)64(82)68(69)94-71-66(84)61(79)59(77)54(92-71)51-88-56(74)46-43-40-37-34-31-28-26-23-20-17-14-11-8-5-2/h28,31,36,39,42,45,52-54,58-72,76-84H,4-27,29-30,32-35,37-38,40-41,43-44,46-51H2,1-3H3,(H,85,86)/b31-28-,39-36+,45-42+. The van der Waals surface area contributed by atoms with Crippen LogP contribution in [0.2, 0.25) is 0 Å². The first kappa shape index (κ1) is 87.4. The molecule has 0 aromatic heterocycles. The number of ether oxygens (including phenoxy) is 7. The molecule has 2 aliphatic heterocycles. The van der Waals surface area contributed by atoms with E-state index in [1.807, 2.05) is 6.08 Å². The average Bonchev–Trinajstić information content (AvgIpc) is 0.764. The summed E-state index contributed by atoms with van der Waals surface area (Å²) in [5, 5.41) is 110. The molecule has 2 saturated heterocycles. The summed E-state index contributed by atoms with van der Waals surface area (Å²) in [6, 6.07) is 0. The molecule has 0 spiro atoms. The van der Waals surface area contributed by atoms with Gasteiger partial charge in [-0.1, -0.05) is 231 Å². The molecule has 0 radical (unpaired) electrons. The predicted octanol–water partition coefficient (Wildman–Crippen LogP) is 9.51. The maximum Gasteiger partial charge on any atom is 0.472 e. The van der Waals surface area contributed by atoms with Crippen molar-refractivity contribution in [3.05, 3.63) is 36.5 Å². The van der Waals surface area contributed by atoms with Gasteiger partial charge in [0.05, 0.1) is 13.2 Å². The molecule has 1 aliphatic carbocycles. The van der Waals surface area contributed by atoms with Gasteiger partial charge in [-0.3, -0.25) is 18.6 Å². The van der Waals surface area contributed by atoms with Crippen LogP contribution in [-0.4, -0.2) is 204 Å². The fraction of sp³-hybridized carbons (Fsp3) is 0.873. The van der Waals surface area contributed by atoms with Crippen molar-refractivity contribution in [3.63, 3.8) is 0 Å². The number of carbonyl (C=O) groups excluding carboxylic acids is 3. The van der Waals surface area contributed by atoms with Crippen LogP contribution in [0.5, 0.6) is 0 Å². The van der Waals surface area contributed by atoms with Gasteiger partial charge >= 0.3 is 25.7 Å². The summed E-state index contributed by atoms with van der Waals surface area (Å²) in [5.74, 6) is -2.26. The SMILES string of the molecule is CCCCCCCCC/C=C\CCCCCC(=O)OCC1OC(OC2C(O)C(O)C(O)C(OC3OC(CO)C(O)C(O)C3O)C2OP(=O)(O)OCC(COC(=O)/C=C/C=C/CCCCCCCCCCCCC)OC(=O)CCCCCCCCCCCCCC)C(O)C(O)C1O. The Morgan fingerprint density at radius 2 is 0.812 bits per heavy atom. The Balaban J connectivity index is 1.76. The maximum absolute atomic E-state index is 14.3. The second kappa shape index (κ2) is 53.1. The number of rotatable bonds is 56. The van der Waals surface area contributed by atoms with Gasteiger partial charge < -0.3 is 89.1 Å². The van der Waals surface area contributed by atoms with Crippen molar-refractivity contribution < 1.29 is 117 Å². The molecular formula is C71H127O24P. The molecule has 18 atom stereocenters. The number of aliphatic hydroxyl groups is 10. The number of esters is 3. The van der Waals surface area contributed by atoms with Crippen molar-refractivity contribution in [1.82, 2.24) is 0 Å². The van der Waals surface area contributed by atoms with Gasteiger partial charge in [-0.25, -0.2) is 9.36 Å². The van der Waals surface area contributed by atoms with Gasteiger partial charge in [0, 0.05) is 18.9 Å². The Morgan fingerprint density at radius 3 is 1.27 bits per heavy atom. The van der Waals surface area contributed by atoms with E-state index >= 15 is 0 Å². The van der Waals surface area contributed by atoms with Crippen LogP contribution >= 0.6 is 7.82 Å². The normalized spacial score (nSPS) is 28.1. The highest BCUT2D eigenvalue weighted by molar-refractivity contribution is 7.47. The lowest BCUT2D eigenvalue weighted by Crippen LogP contribution is -2.69. The minimum absolute atomic E-state index is 0.00480. The van der Waals surface area contributed by atoms with Crippen LogP contribution in [0.25, 0.3) is 0 Å². The van der Waals surface area contributed by atoms with E-state index in [0.29, 0.717) is 12.8 Å². The molecule has 11 N–H and O–H groups in total. The molecule has 0 aromatic carbocycles. The van der Waals surface area contributed by atoms with Crippen LogP contribution < -0.4 is 0 Å². The lowest BCUT2D eigenvalue weighted by molar-refractivity contribution is -0.360. The summed E-state index contributed by atoms with van der Waals surface area (Å²) >= 11 is 0. The fourth-order valence-corrected chi connectivity index (χ4v) is 12.9. The highest BCUT2D eigenvalue weighted by Gasteiger charge is 2.58. The lowest BCUT2D eigenvalue weighted by Gasteiger charge is -2.49. The molecule has 0 aromatic rings. The van der Waals surface area contributed by atoms with Crippen molar-refractivity contribution in [1.29, 1.82) is 0 Å². The zero-order chi connectivity index (χ0) is 70.4. The molecule has 560 valence electrons. The summed E-state index contributed by atoms with van der Waals surface area (Å²) in [7, 11) is -5.71. The number of phosphoric acid groups is 1. The van der Waals surface area contributed by atoms with E-state index in [1.54, 1.807) is 6.08 Å². The highest BCUT2D eigenvalue weighted by Crippen LogP contribution is 2.49. The Hall–Kier alpha value is -2.82. The van der Waals surface area contributed by atoms with Crippen molar-refractivity contribution in [2.45, 2.75) is 369 Å². The Bertz CT molecular complexity index is 2140. The molecule has 25 heteroatoms. The lowest BCUT2D eigenvalue weighted by atomic mass is 9.84. The van der Waals surface area contributed by atoms with E-state index in [4.69, 9.17) is 42.2 Å². The third kappa shape index (κ3) is 36.2. The first-order chi connectivity index (χ1) is 46.3. The van der Waals surface area contributed by atoms with Crippen LogP contribution in [-0.2, 0) is 61.2 Å². The predicted molar refractivity (Wildman–Crippen MR) is 361 cm³/mol. The fourth-order valence-electron chi connectivity index (χ4n) is 12.0. The van der Waals surface area contributed by atoms with Gasteiger partial charge in [-0.05, 0) is 51.4 Å². The van der Waals surface area contributed by atoms with Crippen molar-refractivity contribution in [2.24, 2.45) is 0 Å². The monoisotopic (exact) mass is 1390 g/mol. The highest BCUT2D eigenvalue weighted by atomic mass is 31.2. The maximum atomic E-state index is 14.3. The zero-order valence-electron chi connectivity index (χ0n) is 58.2. The minimum atomic E-state index is -5.71. The van der Waals surface area contributed by atoms with Crippen molar-refractivity contribution in [2.75, 3.05) is 26.4 Å². The van der Waals surface area contributed by atoms with Crippen LogP contribution in [0, 0.1) is 0 Å². The van der Waals surface area contributed by atoms with Crippen LogP contribution in [0.3, 0.4) is 0 Å². The van der Waals surface area contributed by atoms with Gasteiger partial charge in [0.15, 0.2) is 18.7 Å². The van der Waals surface area contributed by atoms with E-state index in [9.17, 15) is 74.9 Å². The number of unbranched alkanes of at least 4 members (excludes halogenated alkanes) is 32. The number of carbonyl (C=O) groups is 3. The second-order valence-electron chi connectivity index (χ2n) is 26.4.